The second-order valence-corrected chi connectivity index (χ2v) is 4.69. The number of carbonyl (C=O) groups excluding carboxylic acids is 1. The van der Waals surface area contributed by atoms with Crippen LogP contribution in [0.25, 0.3) is 0 Å². The first-order chi connectivity index (χ1) is 9.54. The minimum Gasteiger partial charge on any atom is -0.309 e. The Labute approximate surface area is 122 Å². The maximum absolute atomic E-state index is 11.8. The molecular weight excluding hydrogens is 328 g/mol. The van der Waals surface area contributed by atoms with Crippen molar-refractivity contribution in [2.24, 2.45) is 0 Å². The van der Waals surface area contributed by atoms with E-state index >= 15 is 0 Å². The monoisotopic (exact) mass is 336 g/mol. The molecule has 1 N–H and O–H groups in total. The van der Waals surface area contributed by atoms with Gasteiger partial charge in [-0.25, -0.2) is 9.97 Å². The van der Waals surface area contributed by atoms with Crippen molar-refractivity contribution in [2.75, 3.05) is 5.32 Å². The minimum atomic E-state index is -0.498. The average Bonchev–Trinajstić information content (AvgIpc) is 2.41. The highest BCUT2D eigenvalue weighted by Crippen LogP contribution is 2.14. The predicted molar refractivity (Wildman–Crippen MR) is 75.2 cm³/mol. The Morgan fingerprint density at radius 3 is 2.80 bits per heavy atom. The lowest BCUT2D eigenvalue weighted by Crippen LogP contribution is -2.15. The number of carbonyl (C=O) groups is 1. The number of rotatable bonds is 4. The van der Waals surface area contributed by atoms with Crippen molar-refractivity contribution < 1.29 is 9.72 Å². The molecule has 8 heteroatoms. The van der Waals surface area contributed by atoms with Crippen LogP contribution in [-0.2, 0) is 11.2 Å². The Morgan fingerprint density at radius 1 is 1.35 bits per heavy atom. The van der Waals surface area contributed by atoms with E-state index in [1.807, 2.05) is 0 Å². The third kappa shape index (κ3) is 3.82. The number of nitrogens with zero attached hydrogens (tertiary/aromatic N) is 3. The second kappa shape index (κ2) is 6.20. The SMILES string of the molecule is O=C(Cc1cccc([N+](=O)[O-])c1)Nc1cnc(Br)cn1. The van der Waals surface area contributed by atoms with Gasteiger partial charge in [-0.05, 0) is 21.5 Å². The summed E-state index contributed by atoms with van der Waals surface area (Å²) in [5.41, 5.74) is 0.514. The Balaban J connectivity index is 2.02. The predicted octanol–water partition coefficient (Wildman–Crippen LogP) is 2.33. The number of amides is 1. The van der Waals surface area contributed by atoms with Gasteiger partial charge in [0.1, 0.15) is 4.60 Å². The molecule has 102 valence electrons. The third-order valence-electron chi connectivity index (χ3n) is 2.37. The molecule has 0 aliphatic heterocycles. The summed E-state index contributed by atoms with van der Waals surface area (Å²) in [5.74, 6) is 0.00533. The van der Waals surface area contributed by atoms with Crippen LogP contribution in [0, 0.1) is 10.1 Å². The van der Waals surface area contributed by atoms with Crippen LogP contribution in [0.4, 0.5) is 11.5 Å². The van der Waals surface area contributed by atoms with Crippen molar-refractivity contribution in [3.63, 3.8) is 0 Å². The molecule has 1 aromatic heterocycles. The third-order valence-corrected chi connectivity index (χ3v) is 2.78. The molecule has 2 rings (SSSR count). The zero-order chi connectivity index (χ0) is 14.5. The number of anilines is 1. The van der Waals surface area contributed by atoms with Crippen molar-refractivity contribution in [3.05, 3.63) is 56.9 Å². The minimum absolute atomic E-state index is 0.0272. The van der Waals surface area contributed by atoms with Crippen LogP contribution in [0.5, 0.6) is 0 Å². The van der Waals surface area contributed by atoms with Crippen LogP contribution in [-0.4, -0.2) is 20.8 Å². The van der Waals surface area contributed by atoms with E-state index in [0.717, 1.165) is 0 Å². The van der Waals surface area contributed by atoms with Gasteiger partial charge in [0, 0.05) is 12.1 Å². The Bertz CT molecular complexity index is 645. The number of non-ortho nitro benzene ring substituents is 1. The van der Waals surface area contributed by atoms with Gasteiger partial charge in [-0.1, -0.05) is 12.1 Å². The fourth-order valence-electron chi connectivity index (χ4n) is 1.53. The lowest BCUT2D eigenvalue weighted by molar-refractivity contribution is -0.384. The van der Waals surface area contributed by atoms with Crippen LogP contribution in [0.3, 0.4) is 0 Å². The van der Waals surface area contributed by atoms with Crippen molar-refractivity contribution >= 4 is 33.3 Å². The molecule has 1 heterocycles. The van der Waals surface area contributed by atoms with Gasteiger partial charge in [0.05, 0.1) is 23.7 Å². The molecule has 0 saturated carbocycles. The zero-order valence-corrected chi connectivity index (χ0v) is 11.7. The molecule has 0 unspecified atom stereocenters. The summed E-state index contributed by atoms with van der Waals surface area (Å²) in [6.07, 6.45) is 2.90. The molecule has 0 radical (unpaired) electrons. The molecule has 7 nitrogen and oxygen atoms in total. The first-order valence-corrected chi connectivity index (χ1v) is 6.34. The van der Waals surface area contributed by atoms with Gasteiger partial charge in [0.15, 0.2) is 5.82 Å². The standard InChI is InChI=1S/C12H9BrN4O3/c13-10-6-15-11(7-14-10)16-12(18)5-8-2-1-3-9(4-8)17(19)20/h1-4,6-7H,5H2,(H,15,16,18). The highest BCUT2D eigenvalue weighted by atomic mass is 79.9. The van der Waals surface area contributed by atoms with E-state index in [4.69, 9.17) is 0 Å². The van der Waals surface area contributed by atoms with E-state index in [1.165, 1.54) is 24.5 Å². The molecule has 0 aliphatic rings. The van der Waals surface area contributed by atoms with E-state index in [9.17, 15) is 14.9 Å². The number of nitrogens with one attached hydrogen (secondary N) is 1. The van der Waals surface area contributed by atoms with E-state index in [1.54, 1.807) is 12.1 Å². The lowest BCUT2D eigenvalue weighted by atomic mass is 10.1. The van der Waals surface area contributed by atoms with E-state index in [0.29, 0.717) is 16.0 Å². The molecule has 1 amide bonds. The number of hydrogen-bond acceptors (Lipinski definition) is 5. The van der Waals surface area contributed by atoms with Crippen LogP contribution < -0.4 is 5.32 Å². The maximum Gasteiger partial charge on any atom is 0.269 e. The van der Waals surface area contributed by atoms with Crippen LogP contribution >= 0.6 is 15.9 Å². The molecule has 0 fully saturated rings. The van der Waals surface area contributed by atoms with Crippen LogP contribution in [0.15, 0.2) is 41.3 Å². The Hall–Kier alpha value is -2.35. The van der Waals surface area contributed by atoms with Gasteiger partial charge >= 0.3 is 0 Å². The van der Waals surface area contributed by atoms with Crippen LogP contribution in [0.2, 0.25) is 0 Å². The molecule has 1 aromatic carbocycles. The fourth-order valence-corrected chi connectivity index (χ4v) is 1.73. The largest absolute Gasteiger partial charge is 0.309 e. The van der Waals surface area contributed by atoms with Gasteiger partial charge in [0.25, 0.3) is 5.69 Å². The smallest absolute Gasteiger partial charge is 0.269 e. The number of benzene rings is 1. The van der Waals surface area contributed by atoms with Crippen molar-refractivity contribution in [1.29, 1.82) is 0 Å². The number of halogens is 1. The molecule has 0 spiro atoms. The molecule has 0 saturated heterocycles. The molecular formula is C12H9BrN4O3. The summed E-state index contributed by atoms with van der Waals surface area (Å²) in [5, 5.41) is 13.2. The normalized spacial score (nSPS) is 10.1. The maximum atomic E-state index is 11.8. The van der Waals surface area contributed by atoms with Gasteiger partial charge < -0.3 is 5.32 Å². The first kappa shape index (κ1) is 14.1. The quantitative estimate of drug-likeness (QED) is 0.682. The van der Waals surface area contributed by atoms with Crippen molar-refractivity contribution in [1.82, 2.24) is 9.97 Å². The Kier molecular flexibility index (Phi) is 4.36. The number of hydrogen-bond donors (Lipinski definition) is 1. The van der Waals surface area contributed by atoms with Crippen molar-refractivity contribution in [3.8, 4) is 0 Å². The Morgan fingerprint density at radius 2 is 2.15 bits per heavy atom. The number of aromatic nitrogens is 2. The van der Waals surface area contributed by atoms with Gasteiger partial charge in [-0.3, -0.25) is 14.9 Å². The van der Waals surface area contributed by atoms with Crippen LogP contribution in [0.1, 0.15) is 5.56 Å². The number of nitro groups is 1. The van der Waals surface area contributed by atoms with E-state index < -0.39 is 4.92 Å². The number of nitro benzene ring substituents is 1. The van der Waals surface area contributed by atoms with Gasteiger partial charge in [-0.15, -0.1) is 0 Å². The molecule has 0 bridgehead atoms. The molecule has 0 aliphatic carbocycles. The van der Waals surface area contributed by atoms with Crippen molar-refractivity contribution in [2.45, 2.75) is 6.42 Å². The summed E-state index contributed by atoms with van der Waals surface area (Å²) in [6.45, 7) is 0. The summed E-state index contributed by atoms with van der Waals surface area (Å²) in [6, 6.07) is 5.94. The summed E-state index contributed by atoms with van der Waals surface area (Å²) in [4.78, 5) is 29.8. The lowest BCUT2D eigenvalue weighted by Gasteiger charge is -2.04. The fraction of sp³-hybridized carbons (Fsp3) is 0.0833. The summed E-state index contributed by atoms with van der Waals surface area (Å²) in [7, 11) is 0. The topological polar surface area (TPSA) is 98.0 Å². The van der Waals surface area contributed by atoms with E-state index in [2.05, 4.69) is 31.2 Å². The molecule has 0 atom stereocenters. The first-order valence-electron chi connectivity index (χ1n) is 5.55. The highest BCUT2D eigenvalue weighted by molar-refractivity contribution is 9.10. The van der Waals surface area contributed by atoms with Gasteiger partial charge in [0.2, 0.25) is 5.91 Å². The molecule has 2 aromatic rings. The molecule has 20 heavy (non-hydrogen) atoms. The summed E-state index contributed by atoms with van der Waals surface area (Å²) < 4.78 is 0.564. The highest BCUT2D eigenvalue weighted by Gasteiger charge is 2.09. The average molecular weight is 337 g/mol. The summed E-state index contributed by atoms with van der Waals surface area (Å²) >= 11 is 3.14. The zero-order valence-electron chi connectivity index (χ0n) is 10.1. The second-order valence-electron chi connectivity index (χ2n) is 3.88. The van der Waals surface area contributed by atoms with E-state index in [-0.39, 0.29) is 18.0 Å². The van der Waals surface area contributed by atoms with Gasteiger partial charge in [-0.2, -0.15) is 0 Å².